The van der Waals surface area contributed by atoms with Gasteiger partial charge in [0.2, 0.25) is 0 Å². The number of ether oxygens (including phenoxy) is 1. The topological polar surface area (TPSA) is 9.23 Å². The first kappa shape index (κ1) is 14.0. The highest BCUT2D eigenvalue weighted by molar-refractivity contribution is 7.80. The predicted molar refractivity (Wildman–Crippen MR) is 74.3 cm³/mol. The lowest BCUT2D eigenvalue weighted by atomic mass is 10.2. The van der Waals surface area contributed by atoms with E-state index in [1.807, 2.05) is 6.07 Å². The number of unbranched alkanes of at least 4 members (excludes halogenated alkanes) is 3. The minimum atomic E-state index is 0.536. The van der Waals surface area contributed by atoms with E-state index in [-0.39, 0.29) is 0 Å². The van der Waals surface area contributed by atoms with Gasteiger partial charge in [-0.1, -0.05) is 36.0 Å². The number of hydrogen-bond donors (Lipinski definition) is 1. The van der Waals surface area contributed by atoms with Crippen LogP contribution in [0, 0.1) is 0 Å². The summed E-state index contributed by atoms with van der Waals surface area (Å²) in [5, 5.41) is 1.09. The third-order valence-corrected chi connectivity index (χ3v) is 3.27. The van der Waals surface area contributed by atoms with Crippen molar-refractivity contribution < 1.29 is 4.74 Å². The van der Waals surface area contributed by atoms with Gasteiger partial charge < -0.3 is 4.74 Å². The molecule has 90 valence electrons. The second-order valence-electron chi connectivity index (χ2n) is 3.56. The molecule has 1 aromatic rings. The molecule has 0 aromatic heterocycles. The molecule has 1 nitrogen and oxygen atoms in total. The maximum Gasteiger partial charge on any atom is 0.120 e. The SMILES string of the molecule is SCCCCCCOc1ccc(Cl)c(Cl)c1. The number of thiol groups is 1. The molecule has 16 heavy (non-hydrogen) atoms. The van der Waals surface area contributed by atoms with Gasteiger partial charge in [-0.2, -0.15) is 12.6 Å². The summed E-state index contributed by atoms with van der Waals surface area (Å²) in [5.41, 5.74) is 0. The van der Waals surface area contributed by atoms with Gasteiger partial charge in [0.15, 0.2) is 0 Å². The monoisotopic (exact) mass is 278 g/mol. The summed E-state index contributed by atoms with van der Waals surface area (Å²) in [5.74, 6) is 1.75. The Morgan fingerprint density at radius 3 is 2.44 bits per heavy atom. The Morgan fingerprint density at radius 2 is 1.75 bits per heavy atom. The van der Waals surface area contributed by atoms with E-state index in [1.54, 1.807) is 12.1 Å². The molecule has 0 spiro atoms. The van der Waals surface area contributed by atoms with Crippen molar-refractivity contribution in [3.63, 3.8) is 0 Å². The van der Waals surface area contributed by atoms with E-state index in [0.717, 1.165) is 24.5 Å². The molecule has 0 aliphatic carbocycles. The molecule has 0 fully saturated rings. The zero-order chi connectivity index (χ0) is 11.8. The molecule has 1 aromatic carbocycles. The fraction of sp³-hybridized carbons (Fsp3) is 0.500. The summed E-state index contributed by atoms with van der Waals surface area (Å²) in [6.45, 7) is 0.727. The summed E-state index contributed by atoms with van der Waals surface area (Å²) in [4.78, 5) is 0. The predicted octanol–water partition coefficient (Wildman–Crippen LogP) is 4.86. The van der Waals surface area contributed by atoms with Crippen molar-refractivity contribution in [3.8, 4) is 5.75 Å². The smallest absolute Gasteiger partial charge is 0.120 e. The highest BCUT2D eigenvalue weighted by Crippen LogP contribution is 2.26. The lowest BCUT2D eigenvalue weighted by molar-refractivity contribution is 0.305. The molecule has 4 heteroatoms. The first-order valence-corrected chi connectivity index (χ1v) is 6.81. The fourth-order valence-electron chi connectivity index (χ4n) is 1.32. The van der Waals surface area contributed by atoms with Gasteiger partial charge in [0.05, 0.1) is 16.7 Å². The van der Waals surface area contributed by atoms with Gasteiger partial charge >= 0.3 is 0 Å². The maximum atomic E-state index is 5.87. The van der Waals surface area contributed by atoms with E-state index in [9.17, 15) is 0 Å². The molecule has 0 N–H and O–H groups in total. The molecule has 0 aliphatic rings. The van der Waals surface area contributed by atoms with E-state index in [0.29, 0.717) is 10.0 Å². The first-order chi connectivity index (χ1) is 7.74. The van der Waals surface area contributed by atoms with Crippen LogP contribution < -0.4 is 4.74 Å². The lowest BCUT2D eigenvalue weighted by Gasteiger charge is -2.06. The standard InChI is InChI=1S/C12H16Cl2OS/c13-11-6-5-10(9-12(11)14)15-7-3-1-2-4-8-16/h5-6,9,16H,1-4,7-8H2. The molecule has 0 saturated heterocycles. The molecule has 0 unspecified atom stereocenters. The van der Waals surface area contributed by atoms with Crippen molar-refractivity contribution >= 4 is 35.8 Å². The number of hydrogen-bond acceptors (Lipinski definition) is 2. The Bertz CT molecular complexity index is 318. The van der Waals surface area contributed by atoms with Crippen molar-refractivity contribution in [2.24, 2.45) is 0 Å². The number of benzene rings is 1. The van der Waals surface area contributed by atoms with Crippen molar-refractivity contribution in [2.45, 2.75) is 25.7 Å². The number of halogens is 2. The summed E-state index contributed by atoms with van der Waals surface area (Å²) >= 11 is 15.8. The Kier molecular flexibility index (Phi) is 7.10. The Morgan fingerprint density at radius 1 is 1.00 bits per heavy atom. The van der Waals surface area contributed by atoms with Crippen LogP contribution in [0.3, 0.4) is 0 Å². The van der Waals surface area contributed by atoms with E-state index >= 15 is 0 Å². The van der Waals surface area contributed by atoms with Gasteiger partial charge in [-0.3, -0.25) is 0 Å². The van der Waals surface area contributed by atoms with Crippen molar-refractivity contribution in [1.29, 1.82) is 0 Å². The molecule has 0 atom stereocenters. The zero-order valence-electron chi connectivity index (χ0n) is 9.09. The molecule has 1 rings (SSSR count). The van der Waals surface area contributed by atoms with Crippen LogP contribution in [0.1, 0.15) is 25.7 Å². The summed E-state index contributed by atoms with van der Waals surface area (Å²) in [6, 6.07) is 5.33. The van der Waals surface area contributed by atoms with Crippen LogP contribution in [0.5, 0.6) is 5.75 Å². The normalized spacial score (nSPS) is 10.4. The van der Waals surface area contributed by atoms with Crippen LogP contribution in [-0.4, -0.2) is 12.4 Å². The minimum Gasteiger partial charge on any atom is -0.494 e. The molecule has 0 aliphatic heterocycles. The summed E-state index contributed by atoms with van der Waals surface area (Å²) in [7, 11) is 0. The molecule has 0 bridgehead atoms. The van der Waals surface area contributed by atoms with Crippen LogP contribution in [0.15, 0.2) is 18.2 Å². The molecule has 0 saturated carbocycles. The average Bonchev–Trinajstić information content (AvgIpc) is 2.28. The van der Waals surface area contributed by atoms with Gasteiger partial charge in [-0.05, 0) is 30.7 Å². The van der Waals surface area contributed by atoms with Gasteiger partial charge in [-0.25, -0.2) is 0 Å². The van der Waals surface area contributed by atoms with E-state index < -0.39 is 0 Å². The van der Waals surface area contributed by atoms with Gasteiger partial charge in [-0.15, -0.1) is 0 Å². The Hall–Kier alpha value is -0.0500. The summed E-state index contributed by atoms with van der Waals surface area (Å²) < 4.78 is 5.56. The van der Waals surface area contributed by atoms with Crippen molar-refractivity contribution in [1.82, 2.24) is 0 Å². The molecular weight excluding hydrogens is 263 g/mol. The van der Waals surface area contributed by atoms with Crippen LogP contribution >= 0.6 is 35.8 Å². The quantitative estimate of drug-likeness (QED) is 0.554. The largest absolute Gasteiger partial charge is 0.494 e. The van der Waals surface area contributed by atoms with Crippen LogP contribution in [0.25, 0.3) is 0 Å². The van der Waals surface area contributed by atoms with Gasteiger partial charge in [0, 0.05) is 6.07 Å². The van der Waals surface area contributed by atoms with Crippen molar-refractivity contribution in [2.75, 3.05) is 12.4 Å². The van der Waals surface area contributed by atoms with Crippen molar-refractivity contribution in [3.05, 3.63) is 28.2 Å². The number of rotatable bonds is 7. The highest BCUT2D eigenvalue weighted by Gasteiger charge is 1.99. The second kappa shape index (κ2) is 8.10. The molecule has 0 radical (unpaired) electrons. The molecule has 0 heterocycles. The van der Waals surface area contributed by atoms with Crippen LogP contribution in [-0.2, 0) is 0 Å². The third-order valence-electron chi connectivity index (χ3n) is 2.21. The summed E-state index contributed by atoms with van der Waals surface area (Å²) in [6.07, 6.45) is 4.64. The molecular formula is C12H16Cl2OS. The molecule has 0 amide bonds. The van der Waals surface area contributed by atoms with E-state index in [2.05, 4.69) is 12.6 Å². The average molecular weight is 279 g/mol. The first-order valence-electron chi connectivity index (χ1n) is 5.43. The van der Waals surface area contributed by atoms with Gasteiger partial charge in [0.25, 0.3) is 0 Å². The Labute approximate surface area is 112 Å². The van der Waals surface area contributed by atoms with Crippen LogP contribution in [0.2, 0.25) is 10.0 Å². The third kappa shape index (κ3) is 5.33. The minimum absolute atomic E-state index is 0.536. The van der Waals surface area contributed by atoms with E-state index in [4.69, 9.17) is 27.9 Å². The van der Waals surface area contributed by atoms with Crippen LogP contribution in [0.4, 0.5) is 0 Å². The van der Waals surface area contributed by atoms with Gasteiger partial charge in [0.1, 0.15) is 5.75 Å². The highest BCUT2D eigenvalue weighted by atomic mass is 35.5. The van der Waals surface area contributed by atoms with E-state index in [1.165, 1.54) is 19.3 Å². The Balaban J connectivity index is 2.19. The fourth-order valence-corrected chi connectivity index (χ4v) is 1.84. The lowest BCUT2D eigenvalue weighted by Crippen LogP contribution is -1.97. The zero-order valence-corrected chi connectivity index (χ0v) is 11.5. The second-order valence-corrected chi connectivity index (χ2v) is 4.82. The maximum absolute atomic E-state index is 5.87.